The molecule has 0 N–H and O–H groups in total. The highest BCUT2D eigenvalue weighted by Gasteiger charge is 2.21. The van der Waals surface area contributed by atoms with Gasteiger partial charge >= 0.3 is 0 Å². The third kappa shape index (κ3) is 4.84. The molecule has 1 aromatic heterocycles. The first-order chi connectivity index (χ1) is 12.8. The van der Waals surface area contributed by atoms with Crippen molar-refractivity contribution in [3.63, 3.8) is 0 Å². The molecule has 1 heterocycles. The number of aromatic nitrogens is 2. The van der Waals surface area contributed by atoms with Crippen molar-refractivity contribution >= 4 is 0 Å². The summed E-state index contributed by atoms with van der Waals surface area (Å²) in [6, 6.07) is 8.13. The molecule has 0 saturated heterocycles. The lowest BCUT2D eigenvalue weighted by Crippen LogP contribution is -2.15. The van der Waals surface area contributed by atoms with Crippen LogP contribution in [-0.4, -0.2) is 17.1 Å². The first-order valence-corrected chi connectivity index (χ1v) is 10.2. The second-order valence-corrected chi connectivity index (χ2v) is 7.66. The van der Waals surface area contributed by atoms with Gasteiger partial charge in [-0.25, -0.2) is 9.97 Å². The van der Waals surface area contributed by atoms with Crippen LogP contribution in [0.1, 0.15) is 63.9 Å². The van der Waals surface area contributed by atoms with E-state index in [1.54, 1.807) is 13.4 Å². The molecule has 0 radical (unpaired) electrons. The van der Waals surface area contributed by atoms with E-state index in [4.69, 9.17) is 4.74 Å². The van der Waals surface area contributed by atoms with E-state index in [2.05, 4.69) is 23.0 Å². The van der Waals surface area contributed by atoms with E-state index in [-0.39, 0.29) is 0 Å². The molecule has 1 aliphatic carbocycles. The predicted molar refractivity (Wildman–Crippen MR) is 107 cm³/mol. The molecule has 1 aromatic carbocycles. The average Bonchev–Trinajstić information content (AvgIpc) is 2.71. The Morgan fingerprint density at radius 3 is 2.50 bits per heavy atom. The molecule has 3 rings (SSSR count). The molecule has 0 unspecified atom stereocenters. The highest BCUT2D eigenvalue weighted by atomic mass is 16.5. The molecule has 0 bridgehead atoms. The Labute approximate surface area is 158 Å². The molecule has 3 nitrogen and oxygen atoms in total. The molecule has 1 aliphatic rings. The van der Waals surface area contributed by atoms with Gasteiger partial charge in [0.15, 0.2) is 0 Å². The summed E-state index contributed by atoms with van der Waals surface area (Å²) < 4.78 is 5.53. The predicted octanol–water partition coefficient (Wildman–Crippen LogP) is 6.08. The van der Waals surface area contributed by atoms with Crippen LogP contribution in [0.5, 0.6) is 5.75 Å². The van der Waals surface area contributed by atoms with Gasteiger partial charge in [-0.1, -0.05) is 64.0 Å². The van der Waals surface area contributed by atoms with Gasteiger partial charge in [-0.3, -0.25) is 0 Å². The van der Waals surface area contributed by atoms with Crippen molar-refractivity contribution in [2.45, 2.75) is 64.7 Å². The van der Waals surface area contributed by atoms with Crippen LogP contribution >= 0.6 is 0 Å². The minimum atomic E-state index is 0.860. The number of hydrogen-bond donors (Lipinski definition) is 0. The molecule has 140 valence electrons. The fourth-order valence-corrected chi connectivity index (χ4v) is 4.29. The zero-order valence-electron chi connectivity index (χ0n) is 16.3. The summed E-state index contributed by atoms with van der Waals surface area (Å²) in [6.45, 7) is 2.30. The first kappa shape index (κ1) is 18.9. The Morgan fingerprint density at radius 2 is 1.77 bits per heavy atom. The van der Waals surface area contributed by atoms with Crippen molar-refractivity contribution < 1.29 is 4.74 Å². The number of aryl methyl sites for hydroxylation is 1. The van der Waals surface area contributed by atoms with Gasteiger partial charge in [-0.2, -0.15) is 0 Å². The van der Waals surface area contributed by atoms with Gasteiger partial charge < -0.3 is 4.74 Å². The molecule has 0 atom stereocenters. The number of benzene rings is 1. The maximum atomic E-state index is 5.53. The highest BCUT2D eigenvalue weighted by Crippen LogP contribution is 2.35. The monoisotopic (exact) mass is 352 g/mol. The minimum Gasteiger partial charge on any atom is -0.496 e. The molecular formula is C23H32N2O. The third-order valence-corrected chi connectivity index (χ3v) is 5.90. The largest absolute Gasteiger partial charge is 0.496 e. The Balaban J connectivity index is 1.61. The summed E-state index contributed by atoms with van der Waals surface area (Å²) in [5.41, 5.74) is 3.33. The lowest BCUT2D eigenvalue weighted by molar-refractivity contribution is 0.250. The standard InChI is InChI=1S/C23H32N2O/c1-3-4-7-18-10-12-19(13-11-18)14-15-20-16-24-17-25-23(20)21-8-5-6-9-22(21)26-2/h5-6,8-9,16-19H,3-4,7,10-15H2,1-2H3. The molecule has 0 aliphatic heterocycles. The molecular weight excluding hydrogens is 320 g/mol. The van der Waals surface area contributed by atoms with Crippen molar-refractivity contribution in [3.05, 3.63) is 42.4 Å². The minimum absolute atomic E-state index is 0.860. The van der Waals surface area contributed by atoms with Crippen molar-refractivity contribution in [2.75, 3.05) is 7.11 Å². The van der Waals surface area contributed by atoms with Crippen LogP contribution in [0.25, 0.3) is 11.3 Å². The Kier molecular flexibility index (Phi) is 7.04. The summed E-state index contributed by atoms with van der Waals surface area (Å²) in [5, 5.41) is 0. The quantitative estimate of drug-likeness (QED) is 0.577. The van der Waals surface area contributed by atoms with Crippen LogP contribution in [0.3, 0.4) is 0 Å². The Morgan fingerprint density at radius 1 is 1.04 bits per heavy atom. The Hall–Kier alpha value is -1.90. The van der Waals surface area contributed by atoms with Gasteiger partial charge in [-0.05, 0) is 42.4 Å². The summed E-state index contributed by atoms with van der Waals surface area (Å²) in [5.74, 6) is 2.72. The fourth-order valence-electron chi connectivity index (χ4n) is 4.29. The van der Waals surface area contributed by atoms with Crippen LogP contribution < -0.4 is 4.74 Å². The second-order valence-electron chi connectivity index (χ2n) is 7.66. The molecule has 26 heavy (non-hydrogen) atoms. The molecule has 2 aromatic rings. The SMILES string of the molecule is CCCCC1CCC(CCc2cncnc2-c2ccccc2OC)CC1. The van der Waals surface area contributed by atoms with Crippen molar-refractivity contribution in [1.82, 2.24) is 9.97 Å². The van der Waals surface area contributed by atoms with Gasteiger partial charge in [0.25, 0.3) is 0 Å². The number of ether oxygens (including phenoxy) is 1. The van der Waals surface area contributed by atoms with E-state index in [0.29, 0.717) is 0 Å². The maximum Gasteiger partial charge on any atom is 0.128 e. The van der Waals surface area contributed by atoms with Gasteiger partial charge in [0, 0.05) is 11.8 Å². The number of methoxy groups -OCH3 is 1. The smallest absolute Gasteiger partial charge is 0.128 e. The van der Waals surface area contributed by atoms with Crippen LogP contribution in [0.15, 0.2) is 36.8 Å². The summed E-state index contributed by atoms with van der Waals surface area (Å²) in [6.07, 6.45) is 15.7. The number of hydrogen-bond acceptors (Lipinski definition) is 3. The van der Waals surface area contributed by atoms with E-state index < -0.39 is 0 Å². The van der Waals surface area contributed by atoms with Gasteiger partial charge in [0.05, 0.1) is 12.8 Å². The Bertz CT molecular complexity index is 677. The number of para-hydroxylation sites is 1. The van der Waals surface area contributed by atoms with Crippen molar-refractivity contribution in [1.29, 1.82) is 0 Å². The number of unbranched alkanes of at least 4 members (excludes halogenated alkanes) is 1. The van der Waals surface area contributed by atoms with Gasteiger partial charge in [0.1, 0.15) is 12.1 Å². The normalized spacial score (nSPS) is 20.1. The van der Waals surface area contributed by atoms with E-state index in [9.17, 15) is 0 Å². The lowest BCUT2D eigenvalue weighted by atomic mass is 9.78. The van der Waals surface area contributed by atoms with E-state index in [1.807, 2.05) is 24.4 Å². The number of nitrogens with zero attached hydrogens (tertiary/aromatic N) is 2. The molecule has 1 fully saturated rings. The molecule has 1 saturated carbocycles. The second kappa shape index (κ2) is 9.70. The van der Waals surface area contributed by atoms with Crippen LogP contribution in [0.4, 0.5) is 0 Å². The highest BCUT2D eigenvalue weighted by molar-refractivity contribution is 5.69. The van der Waals surface area contributed by atoms with Crippen molar-refractivity contribution in [2.24, 2.45) is 11.8 Å². The lowest BCUT2D eigenvalue weighted by Gasteiger charge is -2.28. The zero-order valence-corrected chi connectivity index (χ0v) is 16.3. The van der Waals surface area contributed by atoms with Gasteiger partial charge in [0.2, 0.25) is 0 Å². The van der Waals surface area contributed by atoms with Crippen LogP contribution in [-0.2, 0) is 6.42 Å². The van der Waals surface area contributed by atoms with Crippen molar-refractivity contribution in [3.8, 4) is 17.0 Å². The van der Waals surface area contributed by atoms with E-state index >= 15 is 0 Å². The fraction of sp³-hybridized carbons (Fsp3) is 0.565. The maximum absolute atomic E-state index is 5.53. The van der Waals surface area contributed by atoms with E-state index in [1.165, 1.54) is 56.9 Å². The summed E-state index contributed by atoms with van der Waals surface area (Å²) in [4.78, 5) is 8.86. The molecule has 3 heteroatoms. The third-order valence-electron chi connectivity index (χ3n) is 5.90. The first-order valence-electron chi connectivity index (χ1n) is 10.2. The zero-order chi connectivity index (χ0) is 18.2. The number of rotatable bonds is 8. The summed E-state index contributed by atoms with van der Waals surface area (Å²) in [7, 11) is 1.72. The van der Waals surface area contributed by atoms with Gasteiger partial charge in [-0.15, -0.1) is 0 Å². The average molecular weight is 353 g/mol. The van der Waals surface area contributed by atoms with Crippen LogP contribution in [0, 0.1) is 11.8 Å². The van der Waals surface area contributed by atoms with E-state index in [0.717, 1.165) is 35.3 Å². The topological polar surface area (TPSA) is 35.0 Å². The summed E-state index contributed by atoms with van der Waals surface area (Å²) >= 11 is 0. The molecule has 0 amide bonds. The molecule has 0 spiro atoms. The van der Waals surface area contributed by atoms with Crippen LogP contribution in [0.2, 0.25) is 0 Å².